The van der Waals surface area contributed by atoms with E-state index in [1.807, 2.05) is 48.5 Å². The SMILES string of the molecule is O=C(C[C@]1(O)C(=O)N(Cc2ccc(Cl)cc2)c2ccccc21)c1ccc2c3c(cccc13)CC2. The second-order valence-corrected chi connectivity index (χ2v) is 9.54. The van der Waals surface area contributed by atoms with Crippen LogP contribution in [0.2, 0.25) is 5.02 Å². The molecular weight excluding hydrogens is 446 g/mol. The molecule has 0 radical (unpaired) electrons. The lowest BCUT2D eigenvalue weighted by Crippen LogP contribution is -2.41. The molecule has 4 nitrogen and oxygen atoms in total. The van der Waals surface area contributed by atoms with E-state index < -0.39 is 11.5 Å². The summed E-state index contributed by atoms with van der Waals surface area (Å²) >= 11 is 6.01. The Morgan fingerprint density at radius 3 is 2.44 bits per heavy atom. The molecule has 34 heavy (non-hydrogen) atoms. The van der Waals surface area contributed by atoms with Crippen molar-refractivity contribution in [1.82, 2.24) is 0 Å². The summed E-state index contributed by atoms with van der Waals surface area (Å²) in [6.07, 6.45) is 1.64. The summed E-state index contributed by atoms with van der Waals surface area (Å²) in [6.45, 7) is 0.282. The summed E-state index contributed by atoms with van der Waals surface area (Å²) < 4.78 is 0. The number of nitrogens with zero attached hydrogens (tertiary/aromatic N) is 1. The Labute approximate surface area is 202 Å². The van der Waals surface area contributed by atoms with Crippen LogP contribution in [0.1, 0.15) is 39.0 Å². The molecule has 1 aliphatic carbocycles. The average molecular weight is 468 g/mol. The number of aliphatic hydroxyl groups is 1. The van der Waals surface area contributed by atoms with Gasteiger partial charge in [-0.3, -0.25) is 9.59 Å². The first-order valence-electron chi connectivity index (χ1n) is 11.4. The number of hydrogen-bond donors (Lipinski definition) is 1. The fourth-order valence-corrected chi connectivity index (χ4v) is 5.55. The van der Waals surface area contributed by atoms with E-state index in [2.05, 4.69) is 6.07 Å². The molecule has 1 atom stereocenters. The van der Waals surface area contributed by atoms with Crippen molar-refractivity contribution in [2.45, 2.75) is 31.4 Å². The van der Waals surface area contributed by atoms with Crippen LogP contribution in [-0.2, 0) is 29.8 Å². The third-order valence-electron chi connectivity index (χ3n) is 7.09. The normalized spacial score (nSPS) is 18.5. The highest BCUT2D eigenvalue weighted by molar-refractivity contribution is 6.30. The van der Waals surface area contributed by atoms with Crippen LogP contribution in [-0.4, -0.2) is 16.8 Å². The van der Waals surface area contributed by atoms with Gasteiger partial charge in [0.25, 0.3) is 5.91 Å². The van der Waals surface area contributed by atoms with Crippen LogP contribution in [0.5, 0.6) is 0 Å². The Balaban J connectivity index is 1.37. The lowest BCUT2D eigenvalue weighted by Gasteiger charge is -2.23. The Hall–Kier alpha value is -3.47. The Morgan fingerprint density at radius 1 is 0.912 bits per heavy atom. The number of Topliss-reactive ketones (excluding diaryl/α,β-unsaturated/α-hetero) is 1. The minimum atomic E-state index is -1.91. The maximum Gasteiger partial charge on any atom is 0.264 e. The first-order valence-corrected chi connectivity index (χ1v) is 11.8. The van der Waals surface area contributed by atoms with E-state index >= 15 is 0 Å². The van der Waals surface area contributed by atoms with Crippen molar-refractivity contribution in [3.63, 3.8) is 0 Å². The zero-order valence-corrected chi connectivity index (χ0v) is 19.2. The minimum Gasteiger partial charge on any atom is -0.375 e. The average Bonchev–Trinajstić information content (AvgIpc) is 3.36. The number of rotatable bonds is 5. The standard InChI is InChI=1S/C29H22ClNO3/c30-21-13-8-18(9-14-21)17-31-25-7-2-1-6-24(25)29(34,28(31)33)16-26(32)22-15-12-20-11-10-19-4-3-5-23(22)27(19)20/h1-9,12-15,34H,10-11,16-17H2/t29-/m1/s1. The van der Waals surface area contributed by atoms with Crippen LogP contribution in [0.25, 0.3) is 10.8 Å². The van der Waals surface area contributed by atoms with Gasteiger partial charge in [-0.15, -0.1) is 0 Å². The number of carbonyl (C=O) groups excluding carboxylic acids is 2. The predicted molar refractivity (Wildman–Crippen MR) is 133 cm³/mol. The molecule has 0 spiro atoms. The van der Waals surface area contributed by atoms with Gasteiger partial charge in [-0.05, 0) is 58.5 Å². The van der Waals surface area contributed by atoms with Gasteiger partial charge in [0.2, 0.25) is 0 Å². The quantitative estimate of drug-likeness (QED) is 0.389. The van der Waals surface area contributed by atoms with Crippen LogP contribution in [0, 0.1) is 0 Å². The molecule has 2 aliphatic rings. The van der Waals surface area contributed by atoms with E-state index in [1.54, 1.807) is 29.2 Å². The largest absolute Gasteiger partial charge is 0.375 e. The summed E-state index contributed by atoms with van der Waals surface area (Å²) in [5.41, 5.74) is 3.11. The summed E-state index contributed by atoms with van der Waals surface area (Å²) in [4.78, 5) is 28.7. The summed E-state index contributed by atoms with van der Waals surface area (Å²) in [6, 6.07) is 24.3. The minimum absolute atomic E-state index is 0.241. The molecule has 0 fully saturated rings. The Bertz CT molecular complexity index is 1470. The first kappa shape index (κ1) is 21.1. The number of aryl methyl sites for hydroxylation is 2. The van der Waals surface area contributed by atoms with Gasteiger partial charge in [-0.25, -0.2) is 0 Å². The molecule has 4 aromatic carbocycles. The monoisotopic (exact) mass is 467 g/mol. The summed E-state index contributed by atoms with van der Waals surface area (Å²) in [5, 5.41) is 14.4. The summed E-state index contributed by atoms with van der Waals surface area (Å²) in [7, 11) is 0. The van der Waals surface area contributed by atoms with Gasteiger partial charge in [-0.1, -0.05) is 72.3 Å². The highest BCUT2D eigenvalue weighted by Crippen LogP contribution is 2.44. The third-order valence-corrected chi connectivity index (χ3v) is 7.34. The Morgan fingerprint density at radius 2 is 1.65 bits per heavy atom. The zero-order valence-electron chi connectivity index (χ0n) is 18.4. The maximum absolute atomic E-state index is 13.6. The van der Waals surface area contributed by atoms with Crippen LogP contribution in [0.15, 0.2) is 78.9 Å². The lowest BCUT2D eigenvalue weighted by molar-refractivity contribution is -0.136. The summed E-state index contributed by atoms with van der Waals surface area (Å²) in [5.74, 6) is -0.725. The van der Waals surface area contributed by atoms with E-state index in [0.717, 1.165) is 29.2 Å². The lowest BCUT2D eigenvalue weighted by atomic mass is 9.86. The molecule has 4 aromatic rings. The van der Waals surface area contributed by atoms with E-state index in [-0.39, 0.29) is 18.7 Å². The van der Waals surface area contributed by atoms with Crippen molar-refractivity contribution in [3.05, 3.63) is 112 Å². The first-order chi connectivity index (χ1) is 16.5. The number of anilines is 1. The Kier molecular flexibility index (Phi) is 4.83. The van der Waals surface area contributed by atoms with Crippen molar-refractivity contribution in [1.29, 1.82) is 0 Å². The van der Waals surface area contributed by atoms with Crippen LogP contribution < -0.4 is 4.90 Å². The van der Waals surface area contributed by atoms with Crippen LogP contribution in [0.3, 0.4) is 0 Å². The smallest absolute Gasteiger partial charge is 0.264 e. The molecule has 168 valence electrons. The second kappa shape index (κ2) is 7.79. The second-order valence-electron chi connectivity index (χ2n) is 9.11. The van der Waals surface area contributed by atoms with Gasteiger partial charge in [-0.2, -0.15) is 0 Å². The molecule has 1 amide bonds. The molecule has 0 unspecified atom stereocenters. The van der Waals surface area contributed by atoms with E-state index in [4.69, 9.17) is 11.6 Å². The van der Waals surface area contributed by atoms with Gasteiger partial charge >= 0.3 is 0 Å². The van der Waals surface area contributed by atoms with Gasteiger partial charge in [0, 0.05) is 16.1 Å². The van der Waals surface area contributed by atoms with Crippen molar-refractivity contribution < 1.29 is 14.7 Å². The molecule has 5 heteroatoms. The number of ketones is 1. The fraction of sp³-hybridized carbons (Fsp3) is 0.172. The number of halogens is 1. The molecule has 1 heterocycles. The predicted octanol–water partition coefficient (Wildman–Crippen LogP) is 5.60. The topological polar surface area (TPSA) is 57.6 Å². The zero-order chi connectivity index (χ0) is 23.4. The third kappa shape index (κ3) is 3.17. The van der Waals surface area contributed by atoms with Crippen LogP contribution >= 0.6 is 11.6 Å². The molecular formula is C29H22ClNO3. The van der Waals surface area contributed by atoms with E-state index in [0.29, 0.717) is 21.8 Å². The number of carbonyl (C=O) groups is 2. The number of benzene rings is 4. The molecule has 1 aliphatic heterocycles. The van der Waals surface area contributed by atoms with Gasteiger partial charge in [0.1, 0.15) is 0 Å². The number of fused-ring (bicyclic) bond motifs is 1. The number of para-hydroxylation sites is 1. The maximum atomic E-state index is 13.6. The van der Waals surface area contributed by atoms with Gasteiger partial charge in [0.05, 0.1) is 18.7 Å². The van der Waals surface area contributed by atoms with Crippen molar-refractivity contribution in [2.24, 2.45) is 0 Å². The molecule has 0 saturated heterocycles. The van der Waals surface area contributed by atoms with Gasteiger partial charge in [0.15, 0.2) is 11.4 Å². The van der Waals surface area contributed by atoms with E-state index in [1.165, 1.54) is 11.1 Å². The van der Waals surface area contributed by atoms with Crippen molar-refractivity contribution in [3.8, 4) is 0 Å². The molecule has 6 rings (SSSR count). The number of amides is 1. The molecule has 0 aromatic heterocycles. The van der Waals surface area contributed by atoms with Gasteiger partial charge < -0.3 is 10.0 Å². The highest BCUT2D eigenvalue weighted by Gasteiger charge is 2.50. The van der Waals surface area contributed by atoms with Crippen molar-refractivity contribution in [2.75, 3.05) is 4.90 Å². The van der Waals surface area contributed by atoms with Crippen LogP contribution in [0.4, 0.5) is 5.69 Å². The fourth-order valence-electron chi connectivity index (χ4n) is 5.42. The molecule has 1 N–H and O–H groups in total. The van der Waals surface area contributed by atoms with E-state index in [9.17, 15) is 14.7 Å². The highest BCUT2D eigenvalue weighted by atomic mass is 35.5. The molecule has 0 bridgehead atoms. The van der Waals surface area contributed by atoms with Crippen molar-refractivity contribution >= 4 is 39.8 Å². The number of hydrogen-bond acceptors (Lipinski definition) is 3. The molecule has 0 saturated carbocycles.